The number of carbonyl (C=O) groups excluding carboxylic acids is 1. The molecule has 2 heterocycles. The number of hydrogen-bond donors (Lipinski definition) is 4. The number of aliphatic hydroxyl groups excluding tert-OH is 3. The van der Waals surface area contributed by atoms with Crippen molar-refractivity contribution < 1.29 is 29.6 Å². The summed E-state index contributed by atoms with van der Waals surface area (Å²) < 4.78 is 11.3. The lowest BCUT2D eigenvalue weighted by atomic mass is 10.1. The van der Waals surface area contributed by atoms with Gasteiger partial charge in [0.1, 0.15) is 29.7 Å². The van der Waals surface area contributed by atoms with E-state index in [1.165, 1.54) is 12.3 Å². The molecule has 1 aromatic heterocycles. The Morgan fingerprint density at radius 2 is 2.08 bits per heavy atom. The van der Waals surface area contributed by atoms with Crippen molar-refractivity contribution in [2.45, 2.75) is 50.9 Å². The van der Waals surface area contributed by atoms with Gasteiger partial charge in [-0.15, -0.1) is 0 Å². The monoisotopic (exact) mass is 343 g/mol. The maximum Gasteiger partial charge on any atom is 0.413 e. The molecule has 134 valence electrons. The molecule has 4 atom stereocenters. The minimum Gasteiger partial charge on any atom is -0.444 e. The van der Waals surface area contributed by atoms with Gasteiger partial charge < -0.3 is 24.8 Å². The summed E-state index contributed by atoms with van der Waals surface area (Å²) in [7, 11) is 0. The molecule has 0 saturated carbocycles. The van der Waals surface area contributed by atoms with Crippen LogP contribution >= 0.6 is 0 Å². The molecule has 0 aliphatic carbocycles. The van der Waals surface area contributed by atoms with Crippen LogP contribution < -0.4 is 11.0 Å². The quantitative estimate of drug-likeness (QED) is 0.559. The Morgan fingerprint density at radius 3 is 2.58 bits per heavy atom. The van der Waals surface area contributed by atoms with E-state index in [-0.39, 0.29) is 5.82 Å². The molecule has 1 aliphatic heterocycles. The van der Waals surface area contributed by atoms with Crippen LogP contribution in [0.3, 0.4) is 0 Å². The summed E-state index contributed by atoms with van der Waals surface area (Å²) in [6.07, 6.45) is -4.43. The van der Waals surface area contributed by atoms with E-state index >= 15 is 0 Å². The number of aromatic nitrogens is 2. The molecule has 0 bridgehead atoms. The van der Waals surface area contributed by atoms with E-state index in [1.807, 2.05) is 0 Å². The highest BCUT2D eigenvalue weighted by atomic mass is 16.6. The summed E-state index contributed by atoms with van der Waals surface area (Å²) >= 11 is 0. The summed E-state index contributed by atoms with van der Waals surface area (Å²) in [4.78, 5) is 27.4. The maximum atomic E-state index is 12.1. The van der Waals surface area contributed by atoms with E-state index in [9.17, 15) is 19.8 Å². The Kier molecular flexibility index (Phi) is 5.23. The molecule has 1 aromatic rings. The smallest absolute Gasteiger partial charge is 0.413 e. The van der Waals surface area contributed by atoms with Gasteiger partial charge in [0.25, 0.3) is 0 Å². The average Bonchev–Trinajstić information content (AvgIpc) is 2.73. The molecule has 1 saturated heterocycles. The number of carbonyl (C=O) groups is 1. The minimum absolute atomic E-state index is 0.0303. The van der Waals surface area contributed by atoms with Crippen molar-refractivity contribution in [2.75, 3.05) is 11.9 Å². The highest BCUT2D eigenvalue weighted by Gasteiger charge is 2.43. The number of rotatable bonds is 3. The fourth-order valence-electron chi connectivity index (χ4n) is 2.19. The van der Waals surface area contributed by atoms with Gasteiger partial charge in [0, 0.05) is 6.20 Å². The molecule has 0 unspecified atom stereocenters. The van der Waals surface area contributed by atoms with Crippen LogP contribution in [0.2, 0.25) is 0 Å². The van der Waals surface area contributed by atoms with Crippen LogP contribution in [0.15, 0.2) is 17.1 Å². The third kappa shape index (κ3) is 4.09. The zero-order valence-corrected chi connectivity index (χ0v) is 13.5. The van der Waals surface area contributed by atoms with Crippen molar-refractivity contribution in [3.8, 4) is 0 Å². The third-order valence-electron chi connectivity index (χ3n) is 3.25. The van der Waals surface area contributed by atoms with Gasteiger partial charge in [0.15, 0.2) is 6.23 Å². The first-order chi connectivity index (χ1) is 11.1. The highest BCUT2D eigenvalue weighted by molar-refractivity contribution is 5.83. The first-order valence-corrected chi connectivity index (χ1v) is 7.34. The zero-order chi connectivity index (χ0) is 18.1. The molecule has 10 nitrogen and oxygen atoms in total. The molecule has 1 amide bonds. The second-order valence-corrected chi connectivity index (χ2v) is 6.36. The lowest BCUT2D eigenvalue weighted by molar-refractivity contribution is -0.0549. The summed E-state index contributed by atoms with van der Waals surface area (Å²) in [5, 5.41) is 31.0. The van der Waals surface area contributed by atoms with Gasteiger partial charge in [-0.25, -0.2) is 9.59 Å². The molecule has 0 radical (unpaired) electrons. The minimum atomic E-state index is -1.40. The van der Waals surface area contributed by atoms with Crippen LogP contribution in [-0.4, -0.2) is 61.5 Å². The molecular weight excluding hydrogens is 322 g/mol. The lowest BCUT2D eigenvalue weighted by Gasteiger charge is -2.20. The van der Waals surface area contributed by atoms with E-state index in [1.54, 1.807) is 20.8 Å². The van der Waals surface area contributed by atoms with Crippen LogP contribution in [0.4, 0.5) is 10.6 Å². The Hall–Kier alpha value is -2.01. The fourth-order valence-corrected chi connectivity index (χ4v) is 2.19. The van der Waals surface area contributed by atoms with Crippen molar-refractivity contribution in [1.29, 1.82) is 0 Å². The molecule has 0 spiro atoms. The topological polar surface area (TPSA) is 143 Å². The molecule has 1 fully saturated rings. The van der Waals surface area contributed by atoms with Gasteiger partial charge in [-0.2, -0.15) is 4.98 Å². The maximum absolute atomic E-state index is 12.1. The van der Waals surface area contributed by atoms with E-state index < -0.39 is 48.5 Å². The van der Waals surface area contributed by atoms with E-state index in [0.717, 1.165) is 4.57 Å². The standard InChI is InChI=1S/C14H21N3O7/c1-14(2,3)24-13(22)16-8-4-5-17(12(21)15-8)11-10(20)9(19)7(6-18)23-11/h4-5,7,9-11,18-20H,6H2,1-3H3,(H,15,16,21,22)/t7-,9-,10-,11-/m1/s1. The van der Waals surface area contributed by atoms with E-state index in [0.29, 0.717) is 0 Å². The number of amides is 1. The van der Waals surface area contributed by atoms with Crippen LogP contribution in [0, 0.1) is 0 Å². The molecular formula is C14H21N3O7. The van der Waals surface area contributed by atoms with Gasteiger partial charge in [-0.1, -0.05) is 0 Å². The molecule has 0 aromatic carbocycles. The number of anilines is 1. The van der Waals surface area contributed by atoms with Crippen LogP contribution in [-0.2, 0) is 9.47 Å². The first-order valence-electron chi connectivity index (χ1n) is 7.34. The largest absolute Gasteiger partial charge is 0.444 e. The Balaban J connectivity index is 2.13. The predicted molar refractivity (Wildman–Crippen MR) is 81.4 cm³/mol. The van der Waals surface area contributed by atoms with Crippen LogP contribution in [0.5, 0.6) is 0 Å². The number of ether oxygens (including phenoxy) is 2. The average molecular weight is 343 g/mol. The van der Waals surface area contributed by atoms with Gasteiger partial charge in [-0.3, -0.25) is 9.88 Å². The third-order valence-corrected chi connectivity index (χ3v) is 3.25. The van der Waals surface area contributed by atoms with Crippen molar-refractivity contribution in [3.05, 3.63) is 22.7 Å². The molecule has 24 heavy (non-hydrogen) atoms. The highest BCUT2D eigenvalue weighted by Crippen LogP contribution is 2.28. The number of aliphatic hydroxyl groups is 3. The Morgan fingerprint density at radius 1 is 1.42 bits per heavy atom. The van der Waals surface area contributed by atoms with Gasteiger partial charge >= 0.3 is 11.8 Å². The van der Waals surface area contributed by atoms with E-state index in [2.05, 4.69) is 10.3 Å². The Bertz CT molecular complexity index is 655. The molecule has 1 aliphatic rings. The van der Waals surface area contributed by atoms with Gasteiger partial charge in [0.05, 0.1) is 6.61 Å². The van der Waals surface area contributed by atoms with Crippen molar-refractivity contribution in [3.63, 3.8) is 0 Å². The van der Waals surface area contributed by atoms with Gasteiger partial charge in [0.2, 0.25) is 0 Å². The van der Waals surface area contributed by atoms with Crippen LogP contribution in [0.1, 0.15) is 27.0 Å². The molecule has 4 N–H and O–H groups in total. The number of nitrogens with one attached hydrogen (secondary N) is 1. The Labute approximate surface area is 137 Å². The zero-order valence-electron chi connectivity index (χ0n) is 13.5. The normalized spacial score (nSPS) is 27.1. The predicted octanol–water partition coefficient (Wildman–Crippen LogP) is -0.798. The second kappa shape index (κ2) is 6.85. The molecule has 2 rings (SSSR count). The summed E-state index contributed by atoms with van der Waals surface area (Å²) in [6.45, 7) is 4.58. The summed E-state index contributed by atoms with van der Waals surface area (Å²) in [6, 6.07) is 1.32. The molecule has 10 heteroatoms. The van der Waals surface area contributed by atoms with Crippen LogP contribution in [0.25, 0.3) is 0 Å². The number of hydrogen-bond acceptors (Lipinski definition) is 8. The second-order valence-electron chi connectivity index (χ2n) is 6.36. The summed E-state index contributed by atoms with van der Waals surface area (Å²) in [5.74, 6) is -0.0303. The number of nitrogens with zero attached hydrogens (tertiary/aromatic N) is 2. The SMILES string of the molecule is CC(C)(C)OC(=O)Nc1ccn([C@@H]2O[C@H](CO)[C@@H](O)[C@H]2O)c(=O)n1. The van der Waals surface area contributed by atoms with E-state index in [4.69, 9.17) is 14.6 Å². The van der Waals surface area contributed by atoms with Gasteiger partial charge in [-0.05, 0) is 26.8 Å². The van der Waals surface area contributed by atoms with Crippen molar-refractivity contribution >= 4 is 11.9 Å². The fraction of sp³-hybridized carbons (Fsp3) is 0.643. The van der Waals surface area contributed by atoms with Crippen molar-refractivity contribution in [1.82, 2.24) is 9.55 Å². The lowest BCUT2D eigenvalue weighted by Crippen LogP contribution is -2.36. The summed E-state index contributed by atoms with van der Waals surface area (Å²) in [5.41, 5.74) is -1.51. The first kappa shape index (κ1) is 18.3. The van der Waals surface area contributed by atoms with Crippen molar-refractivity contribution in [2.24, 2.45) is 0 Å².